The Balaban J connectivity index is 3.58. The Hall–Kier alpha value is -2.57. The van der Waals surface area contributed by atoms with Crippen LogP contribution >= 0.6 is 0 Å². The van der Waals surface area contributed by atoms with Gasteiger partial charge in [0.1, 0.15) is 17.7 Å². The maximum Gasteiger partial charge on any atom is 0.408 e. The standard InChI is InChI=1S/C29H49N3O4/c1-12-14-21(7)30-26(33)25(23-16-15-19(5)17-20(23)6)32(22(8)13-2)27(34)24(18(3)4)31-28(35)36-29(9,10)11/h15-18,21-22,24-25H,12-14H2,1-11H3,(H,30,33)(H,31,35). The SMILES string of the molecule is CCCC(C)NC(=O)C(c1ccc(C)cc1C)N(C(=O)C(NC(=O)OC(C)(C)C)C(C)C)C(C)CC. The van der Waals surface area contributed by atoms with E-state index in [2.05, 4.69) is 17.6 Å². The van der Waals surface area contributed by atoms with Gasteiger partial charge in [-0.1, -0.05) is 57.9 Å². The summed E-state index contributed by atoms with van der Waals surface area (Å²) in [6.07, 6.45) is 1.79. The van der Waals surface area contributed by atoms with E-state index in [1.54, 1.807) is 25.7 Å². The smallest absolute Gasteiger partial charge is 0.408 e. The lowest BCUT2D eigenvalue weighted by atomic mass is 9.93. The molecule has 0 saturated carbocycles. The molecule has 0 aliphatic carbocycles. The van der Waals surface area contributed by atoms with Crippen molar-refractivity contribution in [2.45, 2.75) is 125 Å². The molecule has 0 spiro atoms. The molecule has 0 aromatic heterocycles. The van der Waals surface area contributed by atoms with E-state index in [0.717, 1.165) is 29.5 Å². The van der Waals surface area contributed by atoms with Crippen LogP contribution in [0.2, 0.25) is 0 Å². The van der Waals surface area contributed by atoms with E-state index in [1.165, 1.54) is 0 Å². The van der Waals surface area contributed by atoms with Crippen LogP contribution in [0.5, 0.6) is 0 Å². The minimum atomic E-state index is -0.844. The second kappa shape index (κ2) is 13.7. The third-order valence-electron chi connectivity index (χ3n) is 6.28. The fourth-order valence-corrected chi connectivity index (χ4v) is 4.28. The number of carbonyl (C=O) groups is 3. The minimum absolute atomic E-state index is 0.0228. The molecule has 1 aromatic rings. The van der Waals surface area contributed by atoms with Crippen LogP contribution in [0.4, 0.5) is 4.79 Å². The maximum atomic E-state index is 14.2. The van der Waals surface area contributed by atoms with E-state index < -0.39 is 23.8 Å². The lowest BCUT2D eigenvalue weighted by Crippen LogP contribution is -2.57. The number of hydrogen-bond donors (Lipinski definition) is 2. The summed E-state index contributed by atoms with van der Waals surface area (Å²) in [5.41, 5.74) is 2.13. The van der Waals surface area contributed by atoms with Crippen LogP contribution in [0, 0.1) is 19.8 Å². The van der Waals surface area contributed by atoms with Gasteiger partial charge in [-0.25, -0.2) is 4.79 Å². The van der Waals surface area contributed by atoms with Gasteiger partial charge >= 0.3 is 6.09 Å². The van der Waals surface area contributed by atoms with Crippen LogP contribution in [0.15, 0.2) is 18.2 Å². The van der Waals surface area contributed by atoms with E-state index in [0.29, 0.717) is 6.42 Å². The molecule has 4 unspecified atom stereocenters. The van der Waals surface area contributed by atoms with Crippen molar-refractivity contribution in [3.63, 3.8) is 0 Å². The largest absolute Gasteiger partial charge is 0.444 e. The van der Waals surface area contributed by atoms with Gasteiger partial charge < -0.3 is 20.3 Å². The van der Waals surface area contributed by atoms with Crippen LogP contribution in [0.25, 0.3) is 0 Å². The van der Waals surface area contributed by atoms with Crippen molar-refractivity contribution >= 4 is 17.9 Å². The van der Waals surface area contributed by atoms with E-state index in [-0.39, 0.29) is 29.8 Å². The highest BCUT2D eigenvalue weighted by molar-refractivity contribution is 5.92. The third-order valence-corrected chi connectivity index (χ3v) is 6.28. The molecule has 7 heteroatoms. The highest BCUT2D eigenvalue weighted by Gasteiger charge is 2.40. The Morgan fingerprint density at radius 1 is 1.00 bits per heavy atom. The zero-order valence-corrected chi connectivity index (χ0v) is 24.3. The number of benzene rings is 1. The van der Waals surface area contributed by atoms with E-state index in [9.17, 15) is 14.4 Å². The monoisotopic (exact) mass is 503 g/mol. The van der Waals surface area contributed by atoms with Crippen molar-refractivity contribution in [1.29, 1.82) is 0 Å². The molecule has 2 N–H and O–H groups in total. The quantitative estimate of drug-likeness (QED) is 0.398. The fraction of sp³-hybridized carbons (Fsp3) is 0.690. The number of ether oxygens (including phenoxy) is 1. The summed E-state index contributed by atoms with van der Waals surface area (Å²) in [6.45, 7) is 21.1. The zero-order valence-electron chi connectivity index (χ0n) is 24.3. The Bertz CT molecular complexity index is 891. The van der Waals surface area contributed by atoms with Gasteiger partial charge in [0.25, 0.3) is 0 Å². The second-order valence-electron chi connectivity index (χ2n) is 11.3. The Kier molecular flexibility index (Phi) is 11.9. The van der Waals surface area contributed by atoms with Gasteiger partial charge in [0.15, 0.2) is 0 Å². The first-order chi connectivity index (χ1) is 16.6. The Morgan fingerprint density at radius 3 is 2.08 bits per heavy atom. The van der Waals surface area contributed by atoms with Crippen molar-refractivity contribution < 1.29 is 19.1 Å². The topological polar surface area (TPSA) is 87.7 Å². The molecule has 0 fully saturated rings. The van der Waals surface area contributed by atoms with Crippen LogP contribution in [-0.4, -0.2) is 46.5 Å². The molecule has 3 amide bonds. The first-order valence-corrected chi connectivity index (χ1v) is 13.3. The molecule has 36 heavy (non-hydrogen) atoms. The van der Waals surface area contributed by atoms with Crippen molar-refractivity contribution in [3.8, 4) is 0 Å². The van der Waals surface area contributed by atoms with E-state index >= 15 is 0 Å². The van der Waals surface area contributed by atoms with E-state index in [4.69, 9.17) is 4.74 Å². The number of amides is 3. The number of nitrogens with one attached hydrogen (secondary N) is 2. The fourth-order valence-electron chi connectivity index (χ4n) is 4.28. The highest BCUT2D eigenvalue weighted by atomic mass is 16.6. The molecular weight excluding hydrogens is 454 g/mol. The summed E-state index contributed by atoms with van der Waals surface area (Å²) >= 11 is 0. The van der Waals surface area contributed by atoms with Crippen molar-refractivity contribution in [3.05, 3.63) is 34.9 Å². The van der Waals surface area contributed by atoms with Crippen LogP contribution < -0.4 is 10.6 Å². The number of rotatable bonds is 11. The summed E-state index contributed by atoms with van der Waals surface area (Å²) < 4.78 is 5.44. The van der Waals surface area contributed by atoms with Gasteiger partial charge in [-0.2, -0.15) is 0 Å². The number of aryl methyl sites for hydroxylation is 2. The molecule has 1 rings (SSSR count). The molecule has 0 aliphatic rings. The maximum absolute atomic E-state index is 14.2. The minimum Gasteiger partial charge on any atom is -0.444 e. The molecule has 0 radical (unpaired) electrons. The number of alkyl carbamates (subject to hydrolysis) is 1. The molecule has 4 atom stereocenters. The molecule has 0 saturated heterocycles. The lowest BCUT2D eigenvalue weighted by molar-refractivity contribution is -0.146. The first kappa shape index (κ1) is 31.5. The molecular formula is C29H49N3O4. The molecule has 0 aliphatic heterocycles. The number of carbonyl (C=O) groups excluding carboxylic acids is 3. The van der Waals surface area contributed by atoms with Gasteiger partial charge in [0.2, 0.25) is 11.8 Å². The zero-order chi connectivity index (χ0) is 27.8. The number of nitrogens with zero attached hydrogens (tertiary/aromatic N) is 1. The van der Waals surface area contributed by atoms with Gasteiger partial charge in [0, 0.05) is 12.1 Å². The van der Waals surface area contributed by atoms with Crippen molar-refractivity contribution in [2.75, 3.05) is 0 Å². The molecule has 0 heterocycles. The predicted molar refractivity (Wildman–Crippen MR) is 146 cm³/mol. The number of hydrogen-bond acceptors (Lipinski definition) is 4. The average molecular weight is 504 g/mol. The molecule has 204 valence electrons. The average Bonchev–Trinajstić information content (AvgIpc) is 2.74. The summed E-state index contributed by atoms with van der Waals surface area (Å²) in [6, 6.07) is 4.01. The van der Waals surface area contributed by atoms with Gasteiger partial charge in [-0.3, -0.25) is 9.59 Å². The summed E-state index contributed by atoms with van der Waals surface area (Å²) in [5.74, 6) is -0.719. The van der Waals surface area contributed by atoms with Gasteiger partial charge in [-0.05, 0) is 78.4 Å². The molecule has 0 bridgehead atoms. The predicted octanol–water partition coefficient (Wildman–Crippen LogP) is 5.83. The van der Waals surface area contributed by atoms with Crippen molar-refractivity contribution in [2.24, 2.45) is 5.92 Å². The van der Waals surface area contributed by atoms with Gasteiger partial charge in [-0.15, -0.1) is 0 Å². The molecule has 1 aromatic carbocycles. The van der Waals surface area contributed by atoms with E-state index in [1.807, 2.05) is 66.7 Å². The van der Waals surface area contributed by atoms with Crippen LogP contribution in [0.1, 0.15) is 104 Å². The third kappa shape index (κ3) is 9.14. The first-order valence-electron chi connectivity index (χ1n) is 13.3. The molecule has 7 nitrogen and oxygen atoms in total. The van der Waals surface area contributed by atoms with Gasteiger partial charge in [0.05, 0.1) is 0 Å². The second-order valence-corrected chi connectivity index (χ2v) is 11.3. The summed E-state index contributed by atoms with van der Waals surface area (Å²) in [7, 11) is 0. The lowest BCUT2D eigenvalue weighted by Gasteiger charge is -2.40. The van der Waals surface area contributed by atoms with Crippen molar-refractivity contribution in [1.82, 2.24) is 15.5 Å². The summed E-state index contributed by atoms with van der Waals surface area (Å²) in [5, 5.41) is 5.91. The van der Waals surface area contributed by atoms with Crippen LogP contribution in [-0.2, 0) is 14.3 Å². The van der Waals surface area contributed by atoms with Crippen LogP contribution in [0.3, 0.4) is 0 Å². The normalized spacial score (nSPS) is 15.0. The Morgan fingerprint density at radius 2 is 1.61 bits per heavy atom. The summed E-state index contributed by atoms with van der Waals surface area (Å²) in [4.78, 5) is 42.3. The Labute approximate surface area is 218 Å². The highest BCUT2D eigenvalue weighted by Crippen LogP contribution is 2.30.